The first kappa shape index (κ1) is 16.9. The van der Waals surface area contributed by atoms with E-state index in [1.54, 1.807) is 0 Å². The molecule has 1 aliphatic rings. The van der Waals surface area contributed by atoms with Crippen molar-refractivity contribution in [1.29, 1.82) is 0 Å². The number of piperazine rings is 1. The molecule has 7 nitrogen and oxygen atoms in total. The molecule has 7 heteroatoms. The molecule has 1 atom stereocenters. The first-order valence-corrected chi connectivity index (χ1v) is 8.96. The number of hydrogen-bond acceptors (Lipinski definition) is 7. The molecule has 0 saturated carbocycles. The van der Waals surface area contributed by atoms with Gasteiger partial charge in [0.25, 0.3) is 0 Å². The highest BCUT2D eigenvalue weighted by Crippen LogP contribution is 2.23. The van der Waals surface area contributed by atoms with E-state index >= 15 is 0 Å². The van der Waals surface area contributed by atoms with E-state index in [1.165, 1.54) is 0 Å². The number of aryl methyl sites for hydroxylation is 1. The van der Waals surface area contributed by atoms with Gasteiger partial charge in [0.15, 0.2) is 5.76 Å². The lowest BCUT2D eigenvalue weighted by molar-refractivity contribution is 0.0795. The van der Waals surface area contributed by atoms with Crippen molar-refractivity contribution in [2.75, 3.05) is 26.2 Å². The summed E-state index contributed by atoms with van der Waals surface area (Å²) in [6.07, 6.45) is 0. The molecule has 0 aliphatic carbocycles. The summed E-state index contributed by atoms with van der Waals surface area (Å²) in [6, 6.07) is 12.0. The van der Waals surface area contributed by atoms with Crippen molar-refractivity contribution in [2.45, 2.75) is 26.4 Å². The molecule has 0 amide bonds. The van der Waals surface area contributed by atoms with Crippen molar-refractivity contribution in [1.82, 2.24) is 25.1 Å². The molecule has 1 saturated heterocycles. The zero-order valence-electron chi connectivity index (χ0n) is 15.1. The van der Waals surface area contributed by atoms with Gasteiger partial charge < -0.3 is 9.05 Å². The summed E-state index contributed by atoms with van der Waals surface area (Å²) in [5.74, 6) is 2.24. The van der Waals surface area contributed by atoms with Gasteiger partial charge in [-0.15, -0.1) is 0 Å². The van der Waals surface area contributed by atoms with E-state index in [4.69, 9.17) is 9.05 Å². The molecule has 0 radical (unpaired) electrons. The molecule has 3 aromatic rings. The van der Waals surface area contributed by atoms with Gasteiger partial charge in [-0.1, -0.05) is 40.6 Å². The Hall–Kier alpha value is -2.51. The molecular weight excluding hydrogens is 330 g/mol. The second kappa shape index (κ2) is 7.39. The maximum atomic E-state index is 5.52. The summed E-state index contributed by atoms with van der Waals surface area (Å²) in [7, 11) is 0. The Morgan fingerprint density at radius 1 is 1.04 bits per heavy atom. The summed E-state index contributed by atoms with van der Waals surface area (Å²) >= 11 is 0. The lowest BCUT2D eigenvalue weighted by atomic mass is 10.2. The van der Waals surface area contributed by atoms with E-state index in [2.05, 4.69) is 32.0 Å². The Kier molecular flexibility index (Phi) is 4.81. The van der Waals surface area contributed by atoms with Crippen LogP contribution in [0.15, 0.2) is 45.4 Å². The number of hydrogen-bond donors (Lipinski definition) is 0. The van der Waals surface area contributed by atoms with Gasteiger partial charge in [0.2, 0.25) is 11.7 Å². The Balaban J connectivity index is 1.35. The van der Waals surface area contributed by atoms with Crippen LogP contribution in [0.2, 0.25) is 0 Å². The molecule has 1 aromatic carbocycles. The molecule has 4 rings (SSSR count). The van der Waals surface area contributed by atoms with Crippen LogP contribution in [0.4, 0.5) is 0 Å². The molecule has 1 unspecified atom stereocenters. The standard InChI is InChI=1S/C19H23N5O2/c1-14-12-17(25-21-14)13-23-8-10-24(11-9-23)15(2)19-20-18(22-26-19)16-6-4-3-5-7-16/h3-7,12,15H,8-11,13H2,1-2H3. The second-order valence-corrected chi connectivity index (χ2v) is 6.74. The van der Waals surface area contributed by atoms with Crippen molar-refractivity contribution >= 4 is 0 Å². The minimum atomic E-state index is 0.106. The fourth-order valence-electron chi connectivity index (χ4n) is 3.29. The summed E-state index contributed by atoms with van der Waals surface area (Å²) in [5, 5.41) is 8.09. The molecule has 2 aromatic heterocycles. The maximum Gasteiger partial charge on any atom is 0.244 e. The van der Waals surface area contributed by atoms with Gasteiger partial charge in [-0.2, -0.15) is 4.98 Å². The van der Waals surface area contributed by atoms with E-state index in [1.807, 2.05) is 43.3 Å². The van der Waals surface area contributed by atoms with Gasteiger partial charge in [-0.25, -0.2) is 0 Å². The quantitative estimate of drug-likeness (QED) is 0.698. The third-order valence-electron chi connectivity index (χ3n) is 4.84. The highest BCUT2D eigenvalue weighted by molar-refractivity contribution is 5.53. The zero-order chi connectivity index (χ0) is 17.9. The van der Waals surface area contributed by atoms with E-state index in [9.17, 15) is 0 Å². The van der Waals surface area contributed by atoms with Gasteiger partial charge >= 0.3 is 0 Å². The van der Waals surface area contributed by atoms with Gasteiger partial charge in [0.1, 0.15) is 0 Å². The molecule has 0 N–H and O–H groups in total. The van der Waals surface area contributed by atoms with Crippen molar-refractivity contribution in [3.05, 3.63) is 53.7 Å². The molecule has 1 aliphatic heterocycles. The number of benzene rings is 1. The molecule has 0 spiro atoms. The SMILES string of the molecule is Cc1cc(CN2CCN(C(C)c3nc(-c4ccccc4)no3)CC2)on1. The number of aromatic nitrogens is 3. The van der Waals surface area contributed by atoms with Crippen LogP contribution in [0.1, 0.15) is 30.3 Å². The largest absolute Gasteiger partial charge is 0.360 e. The zero-order valence-corrected chi connectivity index (χ0v) is 15.1. The van der Waals surface area contributed by atoms with Crippen molar-refractivity contribution in [2.24, 2.45) is 0 Å². The van der Waals surface area contributed by atoms with Gasteiger partial charge in [0.05, 0.1) is 18.3 Å². The summed E-state index contributed by atoms with van der Waals surface area (Å²) in [6.45, 7) is 8.74. The van der Waals surface area contributed by atoms with E-state index in [0.29, 0.717) is 11.7 Å². The van der Waals surface area contributed by atoms with Crippen LogP contribution >= 0.6 is 0 Å². The first-order valence-electron chi connectivity index (χ1n) is 8.96. The Bertz CT molecular complexity index is 837. The van der Waals surface area contributed by atoms with Crippen molar-refractivity contribution in [3.8, 4) is 11.4 Å². The Labute approximate surface area is 152 Å². The molecule has 26 heavy (non-hydrogen) atoms. The third kappa shape index (κ3) is 3.68. The summed E-state index contributed by atoms with van der Waals surface area (Å²) < 4.78 is 10.8. The lowest BCUT2D eigenvalue weighted by Gasteiger charge is -2.36. The van der Waals surface area contributed by atoms with Crippen LogP contribution in [0.25, 0.3) is 11.4 Å². The highest BCUT2D eigenvalue weighted by Gasteiger charge is 2.26. The molecular formula is C19H23N5O2. The molecule has 3 heterocycles. The Morgan fingerprint density at radius 2 is 1.81 bits per heavy atom. The Morgan fingerprint density at radius 3 is 2.50 bits per heavy atom. The monoisotopic (exact) mass is 353 g/mol. The number of nitrogens with zero attached hydrogens (tertiary/aromatic N) is 5. The minimum Gasteiger partial charge on any atom is -0.360 e. The minimum absolute atomic E-state index is 0.106. The summed E-state index contributed by atoms with van der Waals surface area (Å²) in [5.41, 5.74) is 1.90. The van der Waals surface area contributed by atoms with Crippen molar-refractivity contribution in [3.63, 3.8) is 0 Å². The van der Waals surface area contributed by atoms with Crippen LogP contribution in [-0.4, -0.2) is 51.3 Å². The van der Waals surface area contributed by atoms with Crippen LogP contribution in [0, 0.1) is 6.92 Å². The van der Waals surface area contributed by atoms with E-state index in [0.717, 1.165) is 49.7 Å². The lowest BCUT2D eigenvalue weighted by Crippen LogP contribution is -2.46. The molecule has 1 fully saturated rings. The van der Waals surface area contributed by atoms with Crippen LogP contribution in [0.3, 0.4) is 0 Å². The highest BCUT2D eigenvalue weighted by atomic mass is 16.5. The molecule has 136 valence electrons. The molecule has 0 bridgehead atoms. The van der Waals surface area contributed by atoms with Gasteiger partial charge in [-0.3, -0.25) is 9.80 Å². The average Bonchev–Trinajstić information content (AvgIpc) is 3.32. The second-order valence-electron chi connectivity index (χ2n) is 6.74. The van der Waals surface area contributed by atoms with E-state index in [-0.39, 0.29) is 6.04 Å². The fraction of sp³-hybridized carbons (Fsp3) is 0.421. The van der Waals surface area contributed by atoms with E-state index < -0.39 is 0 Å². The van der Waals surface area contributed by atoms with Crippen LogP contribution in [0.5, 0.6) is 0 Å². The third-order valence-corrected chi connectivity index (χ3v) is 4.84. The predicted molar refractivity (Wildman–Crippen MR) is 96.2 cm³/mol. The van der Waals surface area contributed by atoms with Crippen LogP contribution < -0.4 is 0 Å². The first-order chi connectivity index (χ1) is 12.7. The smallest absolute Gasteiger partial charge is 0.244 e. The fourth-order valence-corrected chi connectivity index (χ4v) is 3.29. The number of rotatable bonds is 5. The summed E-state index contributed by atoms with van der Waals surface area (Å²) in [4.78, 5) is 9.35. The normalized spacial score (nSPS) is 17.5. The predicted octanol–water partition coefficient (Wildman–Crippen LogP) is 2.91. The van der Waals surface area contributed by atoms with Crippen molar-refractivity contribution < 1.29 is 9.05 Å². The van der Waals surface area contributed by atoms with Gasteiger partial charge in [-0.05, 0) is 13.8 Å². The topological polar surface area (TPSA) is 71.4 Å². The van der Waals surface area contributed by atoms with Crippen LogP contribution in [-0.2, 0) is 6.54 Å². The van der Waals surface area contributed by atoms with Gasteiger partial charge in [0, 0.05) is 37.8 Å². The maximum absolute atomic E-state index is 5.52. The average molecular weight is 353 g/mol.